The molecule has 1 aromatic carbocycles. The summed E-state index contributed by atoms with van der Waals surface area (Å²) in [4.78, 5) is 11.1. The van der Waals surface area contributed by atoms with Crippen molar-refractivity contribution in [3.63, 3.8) is 0 Å². The van der Waals surface area contributed by atoms with E-state index in [0.29, 0.717) is 18.0 Å². The van der Waals surface area contributed by atoms with Gasteiger partial charge in [-0.05, 0) is 31.4 Å². The Labute approximate surface area is 124 Å². The number of hydrogen-bond acceptors (Lipinski definition) is 3. The van der Waals surface area contributed by atoms with E-state index in [9.17, 15) is 4.79 Å². The Hall–Kier alpha value is -1.26. The highest BCUT2D eigenvalue weighted by Crippen LogP contribution is 2.28. The summed E-state index contributed by atoms with van der Waals surface area (Å²) in [5, 5.41) is 13.2. The number of hydrogen-bond donors (Lipinski definition) is 2. The fourth-order valence-corrected chi connectivity index (χ4v) is 2.98. The third-order valence-corrected chi connectivity index (χ3v) is 4.24. The maximum atomic E-state index is 11.1. The summed E-state index contributed by atoms with van der Waals surface area (Å²) in [6.07, 6.45) is 3.43. The minimum Gasteiger partial charge on any atom is -0.496 e. The number of nitrogens with one attached hydrogen (secondary N) is 1. The van der Waals surface area contributed by atoms with Crippen molar-refractivity contribution in [1.82, 2.24) is 5.32 Å². The monoisotopic (exact) mass is 297 g/mol. The van der Waals surface area contributed by atoms with Crippen LogP contribution in [-0.2, 0) is 11.3 Å². The van der Waals surface area contributed by atoms with Crippen LogP contribution < -0.4 is 10.1 Å². The number of carboxylic acid groups (broad SMARTS) is 1. The zero-order valence-corrected chi connectivity index (χ0v) is 12.3. The minimum atomic E-state index is -0.688. The van der Waals surface area contributed by atoms with Crippen LogP contribution in [0.1, 0.15) is 31.2 Å². The summed E-state index contributed by atoms with van der Waals surface area (Å²) < 4.78 is 5.31. The van der Waals surface area contributed by atoms with Crippen molar-refractivity contribution in [2.75, 3.05) is 7.11 Å². The molecule has 1 aromatic rings. The van der Waals surface area contributed by atoms with Gasteiger partial charge >= 0.3 is 5.97 Å². The van der Waals surface area contributed by atoms with Crippen LogP contribution in [0.4, 0.5) is 0 Å². The molecule has 0 spiro atoms. The molecule has 0 heterocycles. The first kappa shape index (κ1) is 15.1. The molecule has 0 amide bonds. The van der Waals surface area contributed by atoms with E-state index in [2.05, 4.69) is 5.32 Å². The van der Waals surface area contributed by atoms with Crippen LogP contribution in [0.2, 0.25) is 5.02 Å². The van der Waals surface area contributed by atoms with Gasteiger partial charge in [0.05, 0.1) is 13.0 Å². The molecule has 0 saturated heterocycles. The molecular weight excluding hydrogens is 278 g/mol. The molecule has 2 atom stereocenters. The fourth-order valence-electron chi connectivity index (χ4n) is 2.75. The Morgan fingerprint density at radius 3 is 3.00 bits per heavy atom. The Bertz CT molecular complexity index is 478. The van der Waals surface area contributed by atoms with Gasteiger partial charge in [-0.1, -0.05) is 24.1 Å². The summed E-state index contributed by atoms with van der Waals surface area (Å²) in [7, 11) is 1.62. The summed E-state index contributed by atoms with van der Waals surface area (Å²) in [6, 6.07) is 5.79. The first-order valence-electron chi connectivity index (χ1n) is 6.89. The Balaban J connectivity index is 1.97. The van der Waals surface area contributed by atoms with Gasteiger partial charge in [0.15, 0.2) is 0 Å². The first-order chi connectivity index (χ1) is 9.61. The van der Waals surface area contributed by atoms with Crippen LogP contribution in [0.15, 0.2) is 18.2 Å². The largest absolute Gasteiger partial charge is 0.496 e. The summed E-state index contributed by atoms with van der Waals surface area (Å²) in [6.45, 7) is 0.597. The van der Waals surface area contributed by atoms with Crippen molar-refractivity contribution in [1.29, 1.82) is 0 Å². The van der Waals surface area contributed by atoms with Gasteiger partial charge < -0.3 is 15.2 Å². The molecule has 2 rings (SSSR count). The number of aliphatic carboxylic acids is 1. The molecule has 0 aliphatic heterocycles. The molecule has 4 nitrogen and oxygen atoms in total. The summed E-state index contributed by atoms with van der Waals surface area (Å²) in [5.74, 6) is -0.156. The number of halogens is 1. The van der Waals surface area contributed by atoms with E-state index in [0.717, 1.165) is 30.6 Å². The minimum absolute atomic E-state index is 0.227. The van der Waals surface area contributed by atoms with Crippen LogP contribution in [0.5, 0.6) is 5.75 Å². The van der Waals surface area contributed by atoms with Gasteiger partial charge in [-0.2, -0.15) is 0 Å². The van der Waals surface area contributed by atoms with Gasteiger partial charge in [0.1, 0.15) is 5.75 Å². The lowest BCUT2D eigenvalue weighted by atomic mass is 9.86. The highest BCUT2D eigenvalue weighted by molar-refractivity contribution is 6.31. The van der Waals surface area contributed by atoms with Crippen molar-refractivity contribution in [2.45, 2.75) is 38.3 Å². The normalized spacial score (nSPS) is 22.5. The van der Waals surface area contributed by atoms with Gasteiger partial charge in [0.2, 0.25) is 0 Å². The highest BCUT2D eigenvalue weighted by Gasteiger charge is 2.26. The third-order valence-electron chi connectivity index (χ3n) is 3.89. The zero-order valence-electron chi connectivity index (χ0n) is 11.6. The number of methoxy groups -OCH3 is 1. The van der Waals surface area contributed by atoms with E-state index in [1.165, 1.54) is 0 Å². The van der Waals surface area contributed by atoms with E-state index in [-0.39, 0.29) is 12.0 Å². The lowest BCUT2D eigenvalue weighted by molar-refractivity contribution is -0.143. The Morgan fingerprint density at radius 1 is 1.50 bits per heavy atom. The average molecular weight is 298 g/mol. The van der Waals surface area contributed by atoms with Gasteiger partial charge in [0.25, 0.3) is 0 Å². The topological polar surface area (TPSA) is 58.6 Å². The van der Waals surface area contributed by atoms with E-state index < -0.39 is 5.97 Å². The van der Waals surface area contributed by atoms with E-state index in [1.54, 1.807) is 7.11 Å². The SMILES string of the molecule is COc1cccc(Cl)c1CNC1CCCC(C(=O)O)C1. The highest BCUT2D eigenvalue weighted by atomic mass is 35.5. The second-order valence-electron chi connectivity index (χ2n) is 5.20. The number of rotatable bonds is 5. The predicted octanol–water partition coefficient (Wildman–Crippen LogP) is 3.08. The number of carboxylic acids is 1. The second kappa shape index (κ2) is 6.95. The lowest BCUT2D eigenvalue weighted by Gasteiger charge is -2.27. The van der Waals surface area contributed by atoms with Crippen LogP contribution >= 0.6 is 11.6 Å². The molecule has 1 aliphatic rings. The molecule has 0 radical (unpaired) electrons. The van der Waals surface area contributed by atoms with Crippen LogP contribution in [0.25, 0.3) is 0 Å². The van der Waals surface area contributed by atoms with Gasteiger partial charge in [-0.15, -0.1) is 0 Å². The molecule has 1 aliphatic carbocycles. The lowest BCUT2D eigenvalue weighted by Crippen LogP contribution is -2.36. The van der Waals surface area contributed by atoms with E-state index in [1.807, 2.05) is 18.2 Å². The number of benzene rings is 1. The molecular formula is C15H20ClNO3. The van der Waals surface area contributed by atoms with Gasteiger partial charge in [-0.3, -0.25) is 4.79 Å². The number of ether oxygens (including phenoxy) is 1. The molecule has 2 N–H and O–H groups in total. The standard InChI is InChI=1S/C15H20ClNO3/c1-20-14-7-3-6-13(16)12(14)9-17-11-5-2-4-10(8-11)15(18)19/h3,6-7,10-11,17H,2,4-5,8-9H2,1H3,(H,18,19). The van der Waals surface area contributed by atoms with E-state index >= 15 is 0 Å². The summed E-state index contributed by atoms with van der Waals surface area (Å²) in [5.41, 5.74) is 0.925. The molecule has 110 valence electrons. The van der Waals surface area contributed by atoms with Crippen molar-refractivity contribution in [2.24, 2.45) is 5.92 Å². The van der Waals surface area contributed by atoms with Gasteiger partial charge in [-0.25, -0.2) is 0 Å². The second-order valence-corrected chi connectivity index (χ2v) is 5.61. The fraction of sp³-hybridized carbons (Fsp3) is 0.533. The molecule has 1 fully saturated rings. The van der Waals surface area contributed by atoms with Crippen molar-refractivity contribution >= 4 is 17.6 Å². The van der Waals surface area contributed by atoms with Crippen molar-refractivity contribution < 1.29 is 14.6 Å². The van der Waals surface area contributed by atoms with Crippen molar-refractivity contribution in [3.8, 4) is 5.75 Å². The molecule has 1 saturated carbocycles. The van der Waals surface area contributed by atoms with E-state index in [4.69, 9.17) is 21.4 Å². The first-order valence-corrected chi connectivity index (χ1v) is 7.27. The van der Waals surface area contributed by atoms with Gasteiger partial charge in [0, 0.05) is 23.2 Å². The Morgan fingerprint density at radius 2 is 2.30 bits per heavy atom. The summed E-state index contributed by atoms with van der Waals surface area (Å²) >= 11 is 6.19. The third kappa shape index (κ3) is 3.64. The maximum absolute atomic E-state index is 11.1. The van der Waals surface area contributed by atoms with Crippen molar-refractivity contribution in [3.05, 3.63) is 28.8 Å². The quantitative estimate of drug-likeness (QED) is 0.877. The molecule has 0 aromatic heterocycles. The van der Waals surface area contributed by atoms with Crippen LogP contribution in [0.3, 0.4) is 0 Å². The zero-order chi connectivity index (χ0) is 14.5. The maximum Gasteiger partial charge on any atom is 0.306 e. The Kier molecular flexibility index (Phi) is 5.26. The average Bonchev–Trinajstić information content (AvgIpc) is 2.46. The molecule has 20 heavy (non-hydrogen) atoms. The smallest absolute Gasteiger partial charge is 0.306 e. The molecule has 2 unspecified atom stereocenters. The van der Waals surface area contributed by atoms with Crippen LogP contribution in [0, 0.1) is 5.92 Å². The van der Waals surface area contributed by atoms with Crippen LogP contribution in [-0.4, -0.2) is 24.2 Å². The molecule has 5 heteroatoms. The number of carbonyl (C=O) groups is 1. The molecule has 0 bridgehead atoms. The predicted molar refractivity (Wildman–Crippen MR) is 78.2 cm³/mol.